The first-order valence-corrected chi connectivity index (χ1v) is 1.97. The van der Waals surface area contributed by atoms with Crippen LogP contribution in [0.5, 0.6) is 0 Å². The molecule has 0 aliphatic rings. The summed E-state index contributed by atoms with van der Waals surface area (Å²) in [4.78, 5) is 13.0. The molecule has 0 aromatic carbocycles. The average molecular weight is 105 g/mol. The van der Waals surface area contributed by atoms with Gasteiger partial charge in [0, 0.05) is 6.42 Å². The summed E-state index contributed by atoms with van der Waals surface area (Å²) in [5, 5.41) is 10.3. The third-order valence-electron chi connectivity index (χ3n) is 0.514. The van der Waals surface area contributed by atoms with Crippen molar-refractivity contribution >= 4 is 0 Å². The molecular formula is C3H7NO3. The second-order valence-corrected chi connectivity index (χ2v) is 1.04. The van der Waals surface area contributed by atoms with E-state index in [1.165, 1.54) is 0 Å². The first-order valence-electron chi connectivity index (χ1n) is 1.97. The fourth-order valence-electron chi connectivity index (χ4n) is 0.124. The van der Waals surface area contributed by atoms with Gasteiger partial charge in [0.2, 0.25) is 6.29 Å². The van der Waals surface area contributed by atoms with Crippen LogP contribution in [0.4, 0.5) is 0 Å². The molecule has 0 bridgehead atoms. The van der Waals surface area contributed by atoms with Crippen molar-refractivity contribution in [3.8, 4) is 0 Å². The topological polar surface area (TPSA) is 58.9 Å². The van der Waals surface area contributed by atoms with E-state index in [0.717, 1.165) is 0 Å². The minimum atomic E-state index is -1.03. The summed E-state index contributed by atoms with van der Waals surface area (Å²) in [6.07, 6.45) is -0.649. The molecule has 0 rings (SSSR count). The quantitative estimate of drug-likeness (QED) is 0.321. The van der Waals surface area contributed by atoms with Crippen molar-refractivity contribution in [2.24, 2.45) is 5.34 Å². The highest BCUT2D eigenvalue weighted by Crippen LogP contribution is 1.90. The lowest BCUT2D eigenvalue weighted by Crippen LogP contribution is -2.04. The van der Waals surface area contributed by atoms with Crippen LogP contribution in [-0.4, -0.2) is 11.4 Å². The molecule has 4 nitrogen and oxygen atoms in total. The Morgan fingerprint density at radius 1 is 2.00 bits per heavy atom. The molecule has 0 aliphatic heterocycles. The van der Waals surface area contributed by atoms with E-state index in [2.05, 4.69) is 4.84 Å². The molecule has 1 atom stereocenters. The van der Waals surface area contributed by atoms with Crippen molar-refractivity contribution in [2.45, 2.75) is 19.6 Å². The van der Waals surface area contributed by atoms with Crippen LogP contribution in [0.25, 0.3) is 0 Å². The molecule has 0 spiro atoms. The Labute approximate surface area is 41.0 Å². The SMILES string of the molecule is CCC(O)ON=O. The zero-order valence-corrected chi connectivity index (χ0v) is 4.00. The molecule has 1 unspecified atom stereocenters. The number of aliphatic hydroxyl groups is 1. The average Bonchev–Trinajstić information content (AvgIpc) is 1.68. The zero-order chi connectivity index (χ0) is 5.70. The van der Waals surface area contributed by atoms with Gasteiger partial charge in [-0.1, -0.05) is 6.92 Å². The standard InChI is InChI=1S/C3H7NO3/c1-2-3(5)7-4-6/h3,5H,2H2,1H3. The van der Waals surface area contributed by atoms with Crippen LogP contribution in [0.2, 0.25) is 0 Å². The maximum atomic E-state index is 9.14. The number of nitrogens with zero attached hydrogens (tertiary/aromatic N) is 1. The van der Waals surface area contributed by atoms with E-state index in [0.29, 0.717) is 6.42 Å². The first-order chi connectivity index (χ1) is 3.31. The van der Waals surface area contributed by atoms with Gasteiger partial charge >= 0.3 is 0 Å². The van der Waals surface area contributed by atoms with Gasteiger partial charge in [-0.25, -0.2) is 0 Å². The van der Waals surface area contributed by atoms with E-state index < -0.39 is 6.29 Å². The second kappa shape index (κ2) is 3.55. The summed E-state index contributed by atoms with van der Waals surface area (Å²) >= 11 is 0. The van der Waals surface area contributed by atoms with E-state index in [1.807, 2.05) is 5.34 Å². The molecule has 42 valence electrons. The Hall–Kier alpha value is -0.640. The van der Waals surface area contributed by atoms with Gasteiger partial charge in [-0.2, -0.15) is 0 Å². The van der Waals surface area contributed by atoms with E-state index in [1.54, 1.807) is 6.92 Å². The number of hydrogen-bond donors (Lipinski definition) is 1. The van der Waals surface area contributed by atoms with Crippen LogP contribution < -0.4 is 0 Å². The number of hydrogen-bond acceptors (Lipinski definition) is 4. The van der Waals surface area contributed by atoms with E-state index >= 15 is 0 Å². The highest BCUT2D eigenvalue weighted by Gasteiger charge is 1.96. The maximum absolute atomic E-state index is 9.14. The van der Waals surface area contributed by atoms with E-state index in [4.69, 9.17) is 10.0 Å². The normalized spacial score (nSPS) is 12.9. The molecule has 0 aromatic heterocycles. The van der Waals surface area contributed by atoms with Crippen LogP contribution in [0.15, 0.2) is 5.34 Å². The highest BCUT2D eigenvalue weighted by atomic mass is 16.8. The molecule has 0 heterocycles. The molecule has 0 aliphatic carbocycles. The van der Waals surface area contributed by atoms with Crippen molar-refractivity contribution < 1.29 is 9.94 Å². The van der Waals surface area contributed by atoms with Crippen molar-refractivity contribution in [2.75, 3.05) is 0 Å². The third kappa shape index (κ3) is 3.18. The smallest absolute Gasteiger partial charge is 0.227 e. The van der Waals surface area contributed by atoms with Crippen molar-refractivity contribution in [3.05, 3.63) is 4.91 Å². The minimum Gasteiger partial charge on any atom is -0.357 e. The molecule has 0 radical (unpaired) electrons. The summed E-state index contributed by atoms with van der Waals surface area (Å²) < 4.78 is 0. The Morgan fingerprint density at radius 2 is 2.57 bits per heavy atom. The molecular weight excluding hydrogens is 98.0 g/mol. The lowest BCUT2D eigenvalue weighted by Gasteiger charge is -1.97. The van der Waals surface area contributed by atoms with Gasteiger partial charge in [-0.3, -0.25) is 0 Å². The maximum Gasteiger partial charge on any atom is 0.227 e. The summed E-state index contributed by atoms with van der Waals surface area (Å²) in [6.45, 7) is 1.68. The fraction of sp³-hybridized carbons (Fsp3) is 1.00. The van der Waals surface area contributed by atoms with Gasteiger partial charge in [0.15, 0.2) is 5.34 Å². The summed E-state index contributed by atoms with van der Waals surface area (Å²) in [5.74, 6) is 0. The zero-order valence-electron chi connectivity index (χ0n) is 4.00. The van der Waals surface area contributed by atoms with Crippen molar-refractivity contribution in [1.29, 1.82) is 0 Å². The largest absolute Gasteiger partial charge is 0.357 e. The van der Waals surface area contributed by atoms with Gasteiger partial charge in [-0.05, 0) is 0 Å². The number of rotatable bonds is 3. The van der Waals surface area contributed by atoms with Crippen molar-refractivity contribution in [1.82, 2.24) is 0 Å². The van der Waals surface area contributed by atoms with Crippen molar-refractivity contribution in [3.63, 3.8) is 0 Å². The molecule has 0 aromatic rings. The van der Waals surface area contributed by atoms with Crippen LogP contribution in [-0.2, 0) is 4.84 Å². The van der Waals surface area contributed by atoms with Crippen LogP contribution in [0.3, 0.4) is 0 Å². The Kier molecular flexibility index (Phi) is 3.22. The van der Waals surface area contributed by atoms with Gasteiger partial charge in [-0.15, -0.1) is 4.91 Å². The Bertz CT molecular complexity index is 56.1. The van der Waals surface area contributed by atoms with E-state index in [-0.39, 0.29) is 0 Å². The minimum absolute atomic E-state index is 0.381. The van der Waals surface area contributed by atoms with Gasteiger partial charge in [0.25, 0.3) is 0 Å². The fourth-order valence-corrected chi connectivity index (χ4v) is 0.124. The van der Waals surface area contributed by atoms with Crippen LogP contribution >= 0.6 is 0 Å². The molecule has 1 N–H and O–H groups in total. The van der Waals surface area contributed by atoms with Crippen LogP contribution in [0.1, 0.15) is 13.3 Å². The van der Waals surface area contributed by atoms with Gasteiger partial charge < -0.3 is 9.94 Å². The molecule has 4 heteroatoms. The Balaban J connectivity index is 2.98. The number of aliphatic hydroxyl groups excluding tert-OH is 1. The lowest BCUT2D eigenvalue weighted by atomic mass is 10.5. The van der Waals surface area contributed by atoms with Gasteiger partial charge in [0.1, 0.15) is 0 Å². The summed E-state index contributed by atoms with van der Waals surface area (Å²) in [5.41, 5.74) is 0. The summed E-state index contributed by atoms with van der Waals surface area (Å²) in [6, 6.07) is 0. The van der Waals surface area contributed by atoms with Crippen LogP contribution in [0, 0.1) is 4.91 Å². The summed E-state index contributed by atoms with van der Waals surface area (Å²) in [7, 11) is 0. The molecule has 0 saturated carbocycles. The lowest BCUT2D eigenvalue weighted by molar-refractivity contribution is -0.101. The molecule has 0 amide bonds. The highest BCUT2D eigenvalue weighted by molar-refractivity contribution is 4.27. The molecule has 0 fully saturated rings. The van der Waals surface area contributed by atoms with Gasteiger partial charge in [0.05, 0.1) is 0 Å². The van der Waals surface area contributed by atoms with E-state index in [9.17, 15) is 0 Å². The second-order valence-electron chi connectivity index (χ2n) is 1.04. The third-order valence-corrected chi connectivity index (χ3v) is 0.514. The Morgan fingerprint density at radius 3 is 2.71 bits per heavy atom. The molecule has 0 saturated heterocycles. The first kappa shape index (κ1) is 6.36. The predicted molar refractivity (Wildman–Crippen MR) is 23.2 cm³/mol. The molecule has 7 heavy (non-hydrogen) atoms. The predicted octanol–water partition coefficient (Wildman–Crippen LogP) is 0.413. The monoisotopic (exact) mass is 105 g/mol.